The zero-order valence-corrected chi connectivity index (χ0v) is 15.1. The number of esters is 2. The number of rotatable bonds is 6. The molecule has 6 nitrogen and oxygen atoms in total. The molecular formula is C20H21NO5. The predicted molar refractivity (Wildman–Crippen MR) is 97.0 cm³/mol. The van der Waals surface area contributed by atoms with Crippen molar-refractivity contribution < 1.29 is 23.9 Å². The van der Waals surface area contributed by atoms with Crippen LogP contribution in [0.4, 0.5) is 0 Å². The van der Waals surface area contributed by atoms with E-state index in [0.29, 0.717) is 23.4 Å². The fourth-order valence-electron chi connectivity index (χ4n) is 2.68. The van der Waals surface area contributed by atoms with Gasteiger partial charge in [0.25, 0.3) is 5.91 Å². The number of ether oxygens (including phenoxy) is 2. The van der Waals surface area contributed by atoms with Crippen molar-refractivity contribution in [1.82, 2.24) is 4.90 Å². The van der Waals surface area contributed by atoms with Crippen molar-refractivity contribution in [1.29, 1.82) is 0 Å². The van der Waals surface area contributed by atoms with E-state index in [1.165, 1.54) is 12.0 Å². The lowest BCUT2D eigenvalue weighted by Crippen LogP contribution is -2.24. The molecule has 0 unspecified atom stereocenters. The predicted octanol–water partition coefficient (Wildman–Crippen LogP) is 2.72. The molecule has 0 aliphatic carbocycles. The van der Waals surface area contributed by atoms with Gasteiger partial charge >= 0.3 is 11.9 Å². The Bertz CT molecular complexity index is 802. The number of methoxy groups -OCH3 is 1. The molecule has 0 spiro atoms. The van der Waals surface area contributed by atoms with Crippen molar-refractivity contribution in [3.05, 3.63) is 64.9 Å². The van der Waals surface area contributed by atoms with E-state index in [0.717, 1.165) is 0 Å². The van der Waals surface area contributed by atoms with E-state index in [-0.39, 0.29) is 23.7 Å². The van der Waals surface area contributed by atoms with E-state index in [1.54, 1.807) is 50.3 Å². The summed E-state index contributed by atoms with van der Waals surface area (Å²) in [5, 5.41) is 0. The van der Waals surface area contributed by atoms with Crippen molar-refractivity contribution in [3.63, 3.8) is 0 Å². The van der Waals surface area contributed by atoms with E-state index in [2.05, 4.69) is 11.3 Å². The maximum absolute atomic E-state index is 12.7. The second-order valence-corrected chi connectivity index (χ2v) is 5.56. The Labute approximate surface area is 152 Å². The van der Waals surface area contributed by atoms with Crippen molar-refractivity contribution in [2.24, 2.45) is 0 Å². The second kappa shape index (κ2) is 8.29. The second-order valence-electron chi connectivity index (χ2n) is 5.56. The van der Waals surface area contributed by atoms with Crippen molar-refractivity contribution in [3.8, 4) is 0 Å². The maximum atomic E-state index is 12.7. The van der Waals surface area contributed by atoms with Crippen molar-refractivity contribution in [2.75, 3.05) is 20.3 Å². The Morgan fingerprint density at radius 2 is 1.85 bits per heavy atom. The third-order valence-corrected chi connectivity index (χ3v) is 3.95. The van der Waals surface area contributed by atoms with Gasteiger partial charge in [0.05, 0.1) is 30.4 Å². The maximum Gasteiger partial charge on any atom is 0.340 e. The molecule has 1 aliphatic heterocycles. The summed E-state index contributed by atoms with van der Waals surface area (Å²) in [6.07, 6.45) is 3.21. The Kier molecular flexibility index (Phi) is 6.11. The van der Waals surface area contributed by atoms with Gasteiger partial charge in [-0.05, 0) is 37.6 Å². The normalized spacial score (nSPS) is 15.4. The Hall–Kier alpha value is -3.15. The zero-order chi connectivity index (χ0) is 19.3. The van der Waals surface area contributed by atoms with Gasteiger partial charge in [0.2, 0.25) is 0 Å². The van der Waals surface area contributed by atoms with Gasteiger partial charge in [0.15, 0.2) is 0 Å². The summed E-state index contributed by atoms with van der Waals surface area (Å²) >= 11 is 0. The molecule has 0 bridgehead atoms. The SMILES string of the molecule is C=CCN1C(=O)C(=Cc2ccc(C(=O)OC)cc2)C(C(=O)OCC)=C1C. The van der Waals surface area contributed by atoms with Crippen LogP contribution >= 0.6 is 0 Å². The van der Waals surface area contributed by atoms with Crippen LogP contribution in [-0.2, 0) is 19.1 Å². The lowest BCUT2D eigenvalue weighted by Gasteiger charge is -2.14. The highest BCUT2D eigenvalue weighted by Gasteiger charge is 2.36. The summed E-state index contributed by atoms with van der Waals surface area (Å²) in [7, 11) is 1.31. The molecule has 0 aromatic heterocycles. The first-order valence-corrected chi connectivity index (χ1v) is 8.15. The number of benzene rings is 1. The first-order chi connectivity index (χ1) is 12.4. The van der Waals surface area contributed by atoms with Crippen LogP contribution in [0.15, 0.2) is 53.8 Å². The molecule has 0 saturated carbocycles. The molecule has 26 heavy (non-hydrogen) atoms. The van der Waals surface area contributed by atoms with E-state index in [1.807, 2.05) is 0 Å². The van der Waals surface area contributed by atoms with E-state index in [4.69, 9.17) is 4.74 Å². The minimum Gasteiger partial charge on any atom is -0.465 e. The standard InChI is InChI=1S/C20H21NO5/c1-5-11-21-13(3)17(20(24)26-6-2)16(18(21)22)12-14-7-9-15(10-8-14)19(23)25-4/h5,7-10,12H,1,6,11H2,2-4H3. The van der Waals surface area contributed by atoms with Gasteiger partial charge in [-0.25, -0.2) is 9.59 Å². The average molecular weight is 355 g/mol. The van der Waals surface area contributed by atoms with Gasteiger partial charge in [-0.2, -0.15) is 0 Å². The van der Waals surface area contributed by atoms with Gasteiger partial charge in [0, 0.05) is 12.2 Å². The largest absolute Gasteiger partial charge is 0.465 e. The number of amides is 1. The molecular weight excluding hydrogens is 334 g/mol. The van der Waals surface area contributed by atoms with Gasteiger partial charge in [-0.3, -0.25) is 4.79 Å². The molecule has 1 heterocycles. The van der Waals surface area contributed by atoms with Crippen LogP contribution in [0.5, 0.6) is 0 Å². The molecule has 0 fully saturated rings. The Balaban J connectivity index is 2.45. The van der Waals surface area contributed by atoms with Gasteiger partial charge < -0.3 is 14.4 Å². The summed E-state index contributed by atoms with van der Waals surface area (Å²) in [6, 6.07) is 6.56. The van der Waals surface area contributed by atoms with Crippen molar-refractivity contribution >= 4 is 23.9 Å². The Morgan fingerprint density at radius 1 is 1.19 bits per heavy atom. The molecule has 0 atom stereocenters. The molecule has 0 radical (unpaired) electrons. The van der Waals surface area contributed by atoms with E-state index < -0.39 is 11.9 Å². The first kappa shape index (κ1) is 19.2. The molecule has 1 aliphatic rings. The minimum atomic E-state index is -0.539. The summed E-state index contributed by atoms with van der Waals surface area (Å²) in [4.78, 5) is 38.1. The van der Waals surface area contributed by atoms with Gasteiger partial charge in [-0.1, -0.05) is 18.2 Å². The molecule has 2 rings (SSSR count). The first-order valence-electron chi connectivity index (χ1n) is 8.15. The third kappa shape index (κ3) is 3.74. The van der Waals surface area contributed by atoms with Crippen LogP contribution in [-0.4, -0.2) is 43.0 Å². The van der Waals surface area contributed by atoms with Crippen molar-refractivity contribution in [2.45, 2.75) is 13.8 Å². The van der Waals surface area contributed by atoms with Gasteiger partial charge in [-0.15, -0.1) is 6.58 Å². The van der Waals surface area contributed by atoms with Crippen LogP contribution in [0, 0.1) is 0 Å². The monoisotopic (exact) mass is 355 g/mol. The zero-order valence-electron chi connectivity index (χ0n) is 15.1. The quantitative estimate of drug-likeness (QED) is 0.446. The fourth-order valence-corrected chi connectivity index (χ4v) is 2.68. The smallest absolute Gasteiger partial charge is 0.340 e. The Morgan fingerprint density at radius 3 is 2.38 bits per heavy atom. The molecule has 0 saturated heterocycles. The number of nitrogens with zero attached hydrogens (tertiary/aromatic N) is 1. The van der Waals surface area contributed by atoms with Crippen LogP contribution < -0.4 is 0 Å². The molecule has 6 heteroatoms. The van der Waals surface area contributed by atoms with Crippen LogP contribution in [0.2, 0.25) is 0 Å². The lowest BCUT2D eigenvalue weighted by atomic mass is 10.0. The van der Waals surface area contributed by atoms with Crippen LogP contribution in [0.1, 0.15) is 29.8 Å². The number of carbonyl (C=O) groups excluding carboxylic acids is 3. The molecule has 1 amide bonds. The highest BCUT2D eigenvalue weighted by Crippen LogP contribution is 2.31. The summed E-state index contributed by atoms with van der Waals surface area (Å²) < 4.78 is 9.76. The molecule has 1 aromatic carbocycles. The minimum absolute atomic E-state index is 0.215. The summed E-state index contributed by atoms with van der Waals surface area (Å²) in [5.41, 5.74) is 2.12. The molecule has 0 N–H and O–H groups in total. The highest BCUT2D eigenvalue weighted by molar-refractivity contribution is 6.16. The number of allylic oxidation sites excluding steroid dienone is 1. The van der Waals surface area contributed by atoms with E-state index in [9.17, 15) is 14.4 Å². The van der Waals surface area contributed by atoms with Crippen LogP contribution in [0.25, 0.3) is 6.08 Å². The summed E-state index contributed by atoms with van der Waals surface area (Å²) in [6.45, 7) is 7.57. The summed E-state index contributed by atoms with van der Waals surface area (Å²) in [5.74, 6) is -1.27. The average Bonchev–Trinajstić information content (AvgIpc) is 2.86. The molecule has 136 valence electrons. The molecule has 1 aromatic rings. The highest BCUT2D eigenvalue weighted by atomic mass is 16.5. The topological polar surface area (TPSA) is 72.9 Å². The van der Waals surface area contributed by atoms with Gasteiger partial charge in [0.1, 0.15) is 0 Å². The number of hydrogen-bond acceptors (Lipinski definition) is 5. The number of carbonyl (C=O) groups is 3. The van der Waals surface area contributed by atoms with Crippen LogP contribution in [0.3, 0.4) is 0 Å². The third-order valence-electron chi connectivity index (χ3n) is 3.95. The fraction of sp³-hybridized carbons (Fsp3) is 0.250. The lowest BCUT2D eigenvalue weighted by molar-refractivity contribution is -0.138. The number of hydrogen-bond donors (Lipinski definition) is 0. The van der Waals surface area contributed by atoms with E-state index >= 15 is 0 Å².